The van der Waals surface area contributed by atoms with E-state index < -0.39 is 0 Å². The first kappa shape index (κ1) is 16.0. The third-order valence-corrected chi connectivity index (χ3v) is 4.32. The van der Waals surface area contributed by atoms with Gasteiger partial charge in [0.05, 0.1) is 18.4 Å². The standard InChI is InChI=1S/C22H18N2O2/c1-26-17-11-7-10-16(14-17)23-21(15-8-3-2-4-9-15)20-18-12-5-6-13-19(18)24-22(20)25/h2-14,23H,1H3,(H,24,25)/b21-20-. The highest BCUT2D eigenvalue weighted by Crippen LogP contribution is 2.37. The maximum atomic E-state index is 12.7. The van der Waals surface area contributed by atoms with Gasteiger partial charge in [0.25, 0.3) is 5.91 Å². The average molecular weight is 342 g/mol. The Labute approximate surface area is 152 Å². The van der Waals surface area contributed by atoms with Crippen LogP contribution in [-0.4, -0.2) is 13.0 Å². The number of carbonyl (C=O) groups excluding carboxylic acids is 1. The maximum absolute atomic E-state index is 12.7. The fourth-order valence-corrected chi connectivity index (χ4v) is 3.09. The molecule has 0 fully saturated rings. The Morgan fingerprint density at radius 3 is 2.50 bits per heavy atom. The first-order valence-corrected chi connectivity index (χ1v) is 8.38. The van der Waals surface area contributed by atoms with Crippen molar-refractivity contribution in [2.24, 2.45) is 0 Å². The van der Waals surface area contributed by atoms with Crippen molar-refractivity contribution < 1.29 is 9.53 Å². The quantitative estimate of drug-likeness (QED) is 0.680. The van der Waals surface area contributed by atoms with Gasteiger partial charge < -0.3 is 15.4 Å². The van der Waals surface area contributed by atoms with E-state index in [1.165, 1.54) is 0 Å². The summed E-state index contributed by atoms with van der Waals surface area (Å²) in [6.07, 6.45) is 0. The van der Waals surface area contributed by atoms with Crippen molar-refractivity contribution in [1.29, 1.82) is 0 Å². The molecule has 0 spiro atoms. The van der Waals surface area contributed by atoms with Gasteiger partial charge in [0.15, 0.2) is 0 Å². The van der Waals surface area contributed by atoms with Crippen molar-refractivity contribution in [2.45, 2.75) is 0 Å². The largest absolute Gasteiger partial charge is 0.497 e. The van der Waals surface area contributed by atoms with E-state index in [9.17, 15) is 4.79 Å². The number of para-hydroxylation sites is 1. The van der Waals surface area contributed by atoms with Gasteiger partial charge in [-0.25, -0.2) is 0 Å². The summed E-state index contributed by atoms with van der Waals surface area (Å²) in [5, 5.41) is 6.37. The molecule has 4 nitrogen and oxygen atoms in total. The number of hydrogen-bond donors (Lipinski definition) is 2. The Hall–Kier alpha value is -3.53. The molecule has 1 heterocycles. The SMILES string of the molecule is COc1cccc(N/C(=C2\C(=O)Nc3ccccc32)c2ccccc2)c1. The van der Waals surface area contributed by atoms with Crippen molar-refractivity contribution in [3.8, 4) is 5.75 Å². The molecule has 0 atom stereocenters. The number of carbonyl (C=O) groups is 1. The summed E-state index contributed by atoms with van der Waals surface area (Å²) in [5.41, 5.74) is 4.92. The number of anilines is 2. The van der Waals surface area contributed by atoms with Crippen LogP contribution in [0.2, 0.25) is 0 Å². The number of hydrogen-bond acceptors (Lipinski definition) is 3. The Morgan fingerprint density at radius 1 is 0.923 bits per heavy atom. The molecule has 1 aliphatic rings. The van der Waals surface area contributed by atoms with E-state index in [1.807, 2.05) is 78.9 Å². The molecule has 128 valence electrons. The second-order valence-corrected chi connectivity index (χ2v) is 5.97. The zero-order chi connectivity index (χ0) is 17.9. The third-order valence-electron chi connectivity index (χ3n) is 4.32. The summed E-state index contributed by atoms with van der Waals surface area (Å²) in [5.74, 6) is 0.643. The normalized spacial score (nSPS) is 14.4. The van der Waals surface area contributed by atoms with Crippen LogP contribution in [0.25, 0.3) is 11.3 Å². The van der Waals surface area contributed by atoms with Crippen LogP contribution in [-0.2, 0) is 4.79 Å². The van der Waals surface area contributed by atoms with Crippen LogP contribution in [0.1, 0.15) is 11.1 Å². The molecule has 3 aromatic rings. The zero-order valence-corrected chi connectivity index (χ0v) is 14.3. The molecule has 3 aromatic carbocycles. The summed E-state index contributed by atoms with van der Waals surface area (Å²) < 4.78 is 5.31. The van der Waals surface area contributed by atoms with Gasteiger partial charge in [0.2, 0.25) is 0 Å². The van der Waals surface area contributed by atoms with Crippen LogP contribution in [0, 0.1) is 0 Å². The lowest BCUT2D eigenvalue weighted by atomic mass is 10.00. The molecule has 0 saturated heterocycles. The molecule has 0 aromatic heterocycles. The maximum Gasteiger partial charge on any atom is 0.258 e. The van der Waals surface area contributed by atoms with E-state index in [1.54, 1.807) is 7.11 Å². The summed E-state index contributed by atoms with van der Waals surface area (Å²) in [6, 6.07) is 25.2. The highest BCUT2D eigenvalue weighted by atomic mass is 16.5. The number of fused-ring (bicyclic) bond motifs is 1. The molecule has 0 saturated carbocycles. The Morgan fingerprint density at radius 2 is 1.69 bits per heavy atom. The van der Waals surface area contributed by atoms with E-state index in [4.69, 9.17) is 4.74 Å². The van der Waals surface area contributed by atoms with Crippen molar-refractivity contribution >= 4 is 28.6 Å². The van der Waals surface area contributed by atoms with Gasteiger partial charge in [-0.3, -0.25) is 4.79 Å². The lowest BCUT2D eigenvalue weighted by molar-refractivity contribution is -0.110. The van der Waals surface area contributed by atoms with E-state index in [-0.39, 0.29) is 5.91 Å². The smallest absolute Gasteiger partial charge is 0.258 e. The molecule has 0 radical (unpaired) electrons. The lowest BCUT2D eigenvalue weighted by Gasteiger charge is -2.15. The van der Waals surface area contributed by atoms with E-state index in [0.717, 1.165) is 33.9 Å². The van der Waals surface area contributed by atoms with Crippen LogP contribution in [0.3, 0.4) is 0 Å². The van der Waals surface area contributed by atoms with Crippen LogP contribution in [0.15, 0.2) is 78.9 Å². The molecule has 0 unspecified atom stereocenters. The number of rotatable bonds is 4. The molecule has 0 bridgehead atoms. The fraction of sp³-hybridized carbons (Fsp3) is 0.0455. The van der Waals surface area contributed by atoms with Gasteiger partial charge in [-0.05, 0) is 23.8 Å². The first-order valence-electron chi connectivity index (χ1n) is 8.38. The molecule has 2 N–H and O–H groups in total. The molecule has 26 heavy (non-hydrogen) atoms. The highest BCUT2D eigenvalue weighted by Gasteiger charge is 2.27. The molecular weight excluding hydrogens is 324 g/mol. The second-order valence-electron chi connectivity index (χ2n) is 5.97. The minimum Gasteiger partial charge on any atom is -0.497 e. The van der Waals surface area contributed by atoms with E-state index in [0.29, 0.717) is 5.57 Å². The minimum absolute atomic E-state index is 0.111. The lowest BCUT2D eigenvalue weighted by Crippen LogP contribution is -2.10. The van der Waals surface area contributed by atoms with Gasteiger partial charge >= 0.3 is 0 Å². The van der Waals surface area contributed by atoms with Crippen LogP contribution < -0.4 is 15.4 Å². The number of amides is 1. The summed E-state index contributed by atoms with van der Waals surface area (Å²) in [4.78, 5) is 12.7. The first-order chi connectivity index (χ1) is 12.8. The van der Waals surface area contributed by atoms with Crippen molar-refractivity contribution in [3.05, 3.63) is 90.0 Å². The van der Waals surface area contributed by atoms with Crippen molar-refractivity contribution in [2.75, 3.05) is 17.7 Å². The number of ether oxygens (including phenoxy) is 1. The van der Waals surface area contributed by atoms with E-state index >= 15 is 0 Å². The zero-order valence-electron chi connectivity index (χ0n) is 14.3. The summed E-state index contributed by atoms with van der Waals surface area (Å²) in [6.45, 7) is 0. The predicted molar refractivity (Wildman–Crippen MR) is 105 cm³/mol. The summed E-state index contributed by atoms with van der Waals surface area (Å²) >= 11 is 0. The Balaban J connectivity index is 1.88. The molecular formula is C22H18N2O2. The molecule has 1 aliphatic heterocycles. The predicted octanol–water partition coefficient (Wildman–Crippen LogP) is 4.63. The third kappa shape index (κ3) is 2.93. The van der Waals surface area contributed by atoms with Gasteiger partial charge in [-0.1, -0.05) is 54.6 Å². The average Bonchev–Trinajstić information content (AvgIpc) is 3.02. The highest BCUT2D eigenvalue weighted by molar-refractivity contribution is 6.37. The molecule has 4 rings (SSSR count). The number of methoxy groups -OCH3 is 1. The molecule has 0 aliphatic carbocycles. The molecule has 4 heteroatoms. The molecule has 1 amide bonds. The fourth-order valence-electron chi connectivity index (χ4n) is 3.09. The monoisotopic (exact) mass is 342 g/mol. The van der Waals surface area contributed by atoms with E-state index in [2.05, 4.69) is 10.6 Å². The van der Waals surface area contributed by atoms with Gasteiger partial charge in [-0.2, -0.15) is 0 Å². The minimum atomic E-state index is -0.111. The van der Waals surface area contributed by atoms with Crippen molar-refractivity contribution in [1.82, 2.24) is 0 Å². The topological polar surface area (TPSA) is 50.4 Å². The number of benzene rings is 3. The van der Waals surface area contributed by atoms with Crippen LogP contribution >= 0.6 is 0 Å². The van der Waals surface area contributed by atoms with Crippen LogP contribution in [0.4, 0.5) is 11.4 Å². The number of nitrogens with one attached hydrogen (secondary N) is 2. The van der Waals surface area contributed by atoms with Crippen molar-refractivity contribution in [3.63, 3.8) is 0 Å². The van der Waals surface area contributed by atoms with Crippen LogP contribution in [0.5, 0.6) is 5.75 Å². The second kappa shape index (κ2) is 6.76. The Kier molecular flexibility index (Phi) is 4.15. The van der Waals surface area contributed by atoms with Gasteiger partial charge in [-0.15, -0.1) is 0 Å². The van der Waals surface area contributed by atoms with Gasteiger partial charge in [0, 0.05) is 23.0 Å². The van der Waals surface area contributed by atoms with Gasteiger partial charge in [0.1, 0.15) is 5.75 Å². The summed E-state index contributed by atoms with van der Waals surface area (Å²) in [7, 11) is 1.64. The Bertz CT molecular complexity index is 994.